The minimum absolute atomic E-state index is 0.444. The highest BCUT2D eigenvalue weighted by molar-refractivity contribution is 7.96. The van der Waals surface area contributed by atoms with Crippen LogP contribution in [0.4, 0.5) is 0 Å². The summed E-state index contributed by atoms with van der Waals surface area (Å²) < 4.78 is 0. The molecule has 1 N–H and O–H groups in total. The molecule has 1 atom stereocenters. The van der Waals surface area contributed by atoms with E-state index in [-0.39, 0.29) is 0 Å². The first kappa shape index (κ1) is 9.98. The summed E-state index contributed by atoms with van der Waals surface area (Å²) >= 11 is 3.56. The van der Waals surface area contributed by atoms with Gasteiger partial charge in [0.25, 0.3) is 0 Å². The van der Waals surface area contributed by atoms with Crippen molar-refractivity contribution >= 4 is 17.7 Å². The Morgan fingerprint density at radius 2 is 2.20 bits per heavy atom. The summed E-state index contributed by atoms with van der Waals surface area (Å²) in [5.74, 6) is 0. The van der Waals surface area contributed by atoms with Crippen molar-refractivity contribution < 1.29 is 9.90 Å². The molecule has 0 heterocycles. The van der Waals surface area contributed by atoms with E-state index in [2.05, 4.69) is 12.6 Å². The van der Waals surface area contributed by atoms with Crippen molar-refractivity contribution in [3.05, 3.63) is 0 Å². The lowest BCUT2D eigenvalue weighted by Crippen LogP contribution is -2.31. The molecule has 0 rings (SSSR count). The van der Waals surface area contributed by atoms with Gasteiger partial charge in [-0.05, 0) is 13.3 Å². The van der Waals surface area contributed by atoms with Gasteiger partial charge >= 0.3 is 0 Å². The molecule has 3 heteroatoms. The predicted molar refractivity (Wildman–Crippen MR) is 44.1 cm³/mol. The van der Waals surface area contributed by atoms with Gasteiger partial charge in [0, 0.05) is 0 Å². The fourth-order valence-corrected chi connectivity index (χ4v) is 0.740. The lowest BCUT2D eigenvalue weighted by Gasteiger charge is -2.17. The summed E-state index contributed by atoms with van der Waals surface area (Å²) in [6.07, 6.45) is 2.35. The maximum absolute atomic E-state index is 10.6. The summed E-state index contributed by atoms with van der Waals surface area (Å²) in [6.45, 7) is 3.51. The number of carbonyl (C=O) groups excluding carboxylic acids is 1. The van der Waals surface area contributed by atoms with E-state index in [0.717, 1.165) is 12.8 Å². The van der Waals surface area contributed by atoms with Crippen molar-refractivity contribution in [1.82, 2.24) is 0 Å². The Balaban J connectivity index is 3.75. The van der Waals surface area contributed by atoms with Crippen molar-refractivity contribution in [2.45, 2.75) is 38.7 Å². The fraction of sp³-hybridized carbons (Fsp3) is 0.857. The average molecular weight is 162 g/mol. The molecule has 10 heavy (non-hydrogen) atoms. The molecule has 60 valence electrons. The molecule has 0 saturated carbocycles. The minimum atomic E-state index is -1.22. The quantitative estimate of drug-likeness (QED) is 0.613. The highest BCUT2D eigenvalue weighted by atomic mass is 32.1. The third-order valence-electron chi connectivity index (χ3n) is 1.48. The average Bonchev–Trinajstić information content (AvgIpc) is 1.84. The van der Waals surface area contributed by atoms with Crippen LogP contribution >= 0.6 is 12.6 Å². The van der Waals surface area contributed by atoms with E-state index < -0.39 is 10.7 Å². The van der Waals surface area contributed by atoms with Crippen LogP contribution in [-0.2, 0) is 4.79 Å². The first-order valence-electron chi connectivity index (χ1n) is 3.46. The summed E-state index contributed by atoms with van der Waals surface area (Å²) in [6, 6.07) is 0. The number of carbonyl (C=O) groups is 1. The highest BCUT2D eigenvalue weighted by Gasteiger charge is 2.25. The number of hydrogen-bond donors (Lipinski definition) is 2. The standard InChI is InChI=1S/C7H14O2S/c1-3-4-5-7(2,9)6(8)10/h9H,3-5H2,1-2H3,(H,8,10). The van der Waals surface area contributed by atoms with E-state index in [1.54, 1.807) is 0 Å². The zero-order chi connectivity index (χ0) is 8.20. The van der Waals surface area contributed by atoms with Crippen molar-refractivity contribution in [3.63, 3.8) is 0 Å². The smallest absolute Gasteiger partial charge is 0.217 e. The molecule has 0 fully saturated rings. The van der Waals surface area contributed by atoms with Crippen LogP contribution in [0.3, 0.4) is 0 Å². The van der Waals surface area contributed by atoms with Crippen LogP contribution in [0.2, 0.25) is 0 Å². The van der Waals surface area contributed by atoms with Crippen LogP contribution in [0.25, 0.3) is 0 Å². The zero-order valence-electron chi connectivity index (χ0n) is 6.42. The van der Waals surface area contributed by atoms with Crippen LogP contribution in [-0.4, -0.2) is 15.8 Å². The molecule has 0 aromatic heterocycles. The Morgan fingerprint density at radius 1 is 1.70 bits per heavy atom. The van der Waals surface area contributed by atoms with E-state index in [9.17, 15) is 9.90 Å². The molecular formula is C7H14O2S. The molecule has 0 saturated heterocycles. The molecule has 0 bridgehead atoms. The Bertz CT molecular complexity index is 121. The van der Waals surface area contributed by atoms with E-state index in [4.69, 9.17) is 0 Å². The van der Waals surface area contributed by atoms with E-state index >= 15 is 0 Å². The zero-order valence-corrected chi connectivity index (χ0v) is 7.32. The summed E-state index contributed by atoms with van der Waals surface area (Å²) in [4.78, 5) is 10.6. The van der Waals surface area contributed by atoms with Crippen molar-refractivity contribution in [2.24, 2.45) is 0 Å². The monoisotopic (exact) mass is 162 g/mol. The number of unbranched alkanes of at least 4 members (excludes halogenated alkanes) is 1. The molecule has 0 aromatic rings. The van der Waals surface area contributed by atoms with E-state index in [0.29, 0.717) is 6.42 Å². The fourth-order valence-electron chi connectivity index (χ4n) is 0.628. The normalized spacial score (nSPS) is 16.4. The lowest BCUT2D eigenvalue weighted by molar-refractivity contribution is -0.126. The van der Waals surface area contributed by atoms with Crippen molar-refractivity contribution in [2.75, 3.05) is 0 Å². The van der Waals surface area contributed by atoms with Crippen LogP contribution in [0.5, 0.6) is 0 Å². The van der Waals surface area contributed by atoms with Crippen LogP contribution in [0.15, 0.2) is 0 Å². The number of rotatable bonds is 4. The topological polar surface area (TPSA) is 37.3 Å². The number of hydrogen-bond acceptors (Lipinski definition) is 2. The maximum atomic E-state index is 10.6. The number of thiol groups is 1. The first-order valence-corrected chi connectivity index (χ1v) is 3.91. The van der Waals surface area contributed by atoms with Gasteiger partial charge in [0.05, 0.1) is 0 Å². The van der Waals surface area contributed by atoms with E-state index in [1.807, 2.05) is 6.92 Å². The van der Waals surface area contributed by atoms with Gasteiger partial charge in [-0.15, -0.1) is 12.6 Å². The Kier molecular flexibility index (Phi) is 3.98. The summed E-state index contributed by atoms with van der Waals surface area (Å²) in [7, 11) is 0. The molecule has 0 spiro atoms. The van der Waals surface area contributed by atoms with Gasteiger partial charge in [-0.25, -0.2) is 0 Å². The molecular weight excluding hydrogens is 148 g/mol. The molecule has 1 unspecified atom stereocenters. The summed E-state index contributed by atoms with van der Waals surface area (Å²) in [5, 5.41) is 8.85. The van der Waals surface area contributed by atoms with Gasteiger partial charge in [0.15, 0.2) is 0 Å². The molecule has 0 aliphatic heterocycles. The largest absolute Gasteiger partial charge is 0.381 e. The third kappa shape index (κ3) is 3.22. The Hall–Kier alpha value is -0.0200. The van der Waals surface area contributed by atoms with Gasteiger partial charge < -0.3 is 5.11 Å². The van der Waals surface area contributed by atoms with Crippen LogP contribution in [0.1, 0.15) is 33.1 Å². The molecule has 0 aliphatic carbocycles. The Labute approximate surface area is 67.0 Å². The van der Waals surface area contributed by atoms with Gasteiger partial charge in [0.1, 0.15) is 5.60 Å². The molecule has 0 amide bonds. The molecule has 2 nitrogen and oxygen atoms in total. The lowest BCUT2D eigenvalue weighted by atomic mass is 10.0. The third-order valence-corrected chi connectivity index (χ3v) is 1.96. The second kappa shape index (κ2) is 3.98. The molecule has 0 radical (unpaired) electrons. The molecule has 0 aromatic carbocycles. The second-order valence-corrected chi connectivity index (χ2v) is 3.09. The van der Waals surface area contributed by atoms with Crippen molar-refractivity contribution in [1.29, 1.82) is 0 Å². The van der Waals surface area contributed by atoms with Gasteiger partial charge in [-0.2, -0.15) is 0 Å². The van der Waals surface area contributed by atoms with Crippen LogP contribution < -0.4 is 0 Å². The van der Waals surface area contributed by atoms with Crippen LogP contribution in [0, 0.1) is 0 Å². The van der Waals surface area contributed by atoms with Crippen molar-refractivity contribution in [3.8, 4) is 0 Å². The Morgan fingerprint density at radius 3 is 2.50 bits per heavy atom. The molecule has 0 aliphatic rings. The second-order valence-electron chi connectivity index (χ2n) is 2.68. The SMILES string of the molecule is CCCCC(C)(O)C(=O)S. The van der Waals surface area contributed by atoms with Gasteiger partial charge in [-0.3, -0.25) is 4.79 Å². The summed E-state index contributed by atoms with van der Waals surface area (Å²) in [5.41, 5.74) is -1.22. The minimum Gasteiger partial charge on any atom is -0.381 e. The predicted octanol–water partition coefficient (Wildman–Crippen LogP) is 1.38. The maximum Gasteiger partial charge on any atom is 0.217 e. The number of aliphatic hydroxyl groups is 1. The van der Waals surface area contributed by atoms with Gasteiger partial charge in [-0.1, -0.05) is 19.8 Å². The first-order chi connectivity index (χ1) is 4.50. The van der Waals surface area contributed by atoms with Gasteiger partial charge in [0.2, 0.25) is 5.12 Å². The van der Waals surface area contributed by atoms with E-state index in [1.165, 1.54) is 6.92 Å². The highest BCUT2D eigenvalue weighted by Crippen LogP contribution is 2.15.